The quantitative estimate of drug-likeness (QED) is 0.324. The minimum Gasteiger partial charge on any atom is -0.481 e. The molecule has 0 spiro atoms. The molecule has 21 heavy (non-hydrogen) atoms. The summed E-state index contributed by atoms with van der Waals surface area (Å²) >= 11 is 1.23. The smallest absolute Gasteiger partial charge is 0.303 e. The second-order valence-electron chi connectivity index (χ2n) is 5.45. The summed E-state index contributed by atoms with van der Waals surface area (Å²) in [6, 6.07) is 0. The third kappa shape index (κ3) is 4.40. The second kappa shape index (κ2) is 7.37. The lowest BCUT2D eigenvalue weighted by molar-refractivity contribution is -0.138. The predicted molar refractivity (Wildman–Crippen MR) is 81.5 cm³/mol. The van der Waals surface area contributed by atoms with Crippen molar-refractivity contribution in [3.8, 4) is 0 Å². The van der Waals surface area contributed by atoms with Crippen molar-refractivity contribution >= 4 is 28.3 Å². The van der Waals surface area contributed by atoms with Gasteiger partial charge in [-0.1, -0.05) is 13.8 Å². The van der Waals surface area contributed by atoms with Crippen LogP contribution in [0.4, 0.5) is 5.13 Å². The van der Waals surface area contributed by atoms with Gasteiger partial charge in [-0.15, -0.1) is 11.3 Å². The Labute approximate surface area is 127 Å². The number of rotatable bonds is 8. The van der Waals surface area contributed by atoms with Gasteiger partial charge < -0.3 is 10.8 Å². The van der Waals surface area contributed by atoms with Gasteiger partial charge in [-0.3, -0.25) is 15.0 Å². The van der Waals surface area contributed by atoms with Crippen molar-refractivity contribution in [2.75, 3.05) is 5.73 Å². The van der Waals surface area contributed by atoms with Crippen molar-refractivity contribution in [3.05, 3.63) is 11.1 Å². The number of hydrogen-bond acceptors (Lipinski definition) is 6. The lowest BCUT2D eigenvalue weighted by atomic mass is 9.74. The number of carbonyl (C=O) groups excluding carboxylic acids is 1. The fourth-order valence-electron chi connectivity index (χ4n) is 2.23. The van der Waals surface area contributed by atoms with E-state index in [4.69, 9.17) is 16.7 Å². The van der Waals surface area contributed by atoms with E-state index in [0.29, 0.717) is 23.2 Å². The molecule has 1 aromatic rings. The number of hydrazine groups is 1. The van der Waals surface area contributed by atoms with E-state index in [1.54, 1.807) is 5.38 Å². The van der Waals surface area contributed by atoms with Gasteiger partial charge in [-0.25, -0.2) is 10.8 Å². The van der Waals surface area contributed by atoms with Gasteiger partial charge in [0.2, 0.25) is 5.91 Å². The summed E-state index contributed by atoms with van der Waals surface area (Å²) in [5.41, 5.74) is 7.26. The highest BCUT2D eigenvalue weighted by Crippen LogP contribution is 2.37. The predicted octanol–water partition coefficient (Wildman–Crippen LogP) is 1.25. The average Bonchev–Trinajstić information content (AvgIpc) is 2.85. The fraction of sp³-hybridized carbons (Fsp3) is 0.615. The zero-order valence-electron chi connectivity index (χ0n) is 12.3. The van der Waals surface area contributed by atoms with Gasteiger partial charge in [0.05, 0.1) is 11.1 Å². The number of carbonyl (C=O) groups is 2. The normalized spacial score (nSPS) is 13.9. The summed E-state index contributed by atoms with van der Waals surface area (Å²) in [6.07, 6.45) is 1.23. The molecular formula is C13H22N4O3S. The Morgan fingerprint density at radius 2 is 2.14 bits per heavy atom. The molecule has 1 amide bonds. The van der Waals surface area contributed by atoms with Crippen molar-refractivity contribution in [1.29, 1.82) is 0 Å². The molecule has 0 aliphatic rings. The van der Waals surface area contributed by atoms with Gasteiger partial charge in [0.15, 0.2) is 5.13 Å². The first-order chi connectivity index (χ1) is 9.81. The molecule has 1 atom stereocenters. The highest BCUT2D eigenvalue weighted by molar-refractivity contribution is 7.13. The van der Waals surface area contributed by atoms with Crippen LogP contribution in [0.15, 0.2) is 5.38 Å². The highest BCUT2D eigenvalue weighted by Gasteiger charge is 2.42. The number of thiazole rings is 1. The number of hydrogen-bond donors (Lipinski definition) is 4. The Balaban J connectivity index is 3.18. The first-order valence-corrected chi connectivity index (χ1v) is 7.64. The number of carboxylic acid groups (broad SMARTS) is 1. The second-order valence-corrected chi connectivity index (χ2v) is 6.34. The first-order valence-electron chi connectivity index (χ1n) is 6.76. The Hall–Kier alpha value is -1.67. The summed E-state index contributed by atoms with van der Waals surface area (Å²) in [5.74, 6) is 4.30. The van der Waals surface area contributed by atoms with Crippen molar-refractivity contribution in [3.63, 3.8) is 0 Å². The molecule has 118 valence electrons. The van der Waals surface area contributed by atoms with Gasteiger partial charge in [0.25, 0.3) is 0 Å². The average molecular weight is 314 g/mol. The summed E-state index contributed by atoms with van der Waals surface area (Å²) in [7, 11) is 0. The van der Waals surface area contributed by atoms with Gasteiger partial charge in [0, 0.05) is 11.8 Å². The van der Waals surface area contributed by atoms with Crippen LogP contribution in [0.5, 0.6) is 0 Å². The van der Waals surface area contributed by atoms with Crippen LogP contribution in [0.1, 0.15) is 45.2 Å². The van der Waals surface area contributed by atoms with E-state index in [1.807, 2.05) is 13.8 Å². The minimum absolute atomic E-state index is 0.136. The van der Waals surface area contributed by atoms with E-state index in [1.165, 1.54) is 11.3 Å². The molecule has 6 N–H and O–H groups in total. The Kier molecular flexibility index (Phi) is 6.10. The van der Waals surface area contributed by atoms with Crippen LogP contribution in [0.25, 0.3) is 0 Å². The van der Waals surface area contributed by atoms with Gasteiger partial charge >= 0.3 is 5.97 Å². The number of nitrogens with two attached hydrogens (primary N) is 2. The Bertz CT molecular complexity index is 503. The number of nitrogens with one attached hydrogen (secondary N) is 1. The summed E-state index contributed by atoms with van der Waals surface area (Å²) in [4.78, 5) is 27.5. The molecule has 0 aliphatic heterocycles. The topological polar surface area (TPSA) is 131 Å². The van der Waals surface area contributed by atoms with Crippen LogP contribution in [0, 0.1) is 5.92 Å². The third-order valence-corrected chi connectivity index (χ3v) is 4.17. The van der Waals surface area contributed by atoms with Gasteiger partial charge in [-0.2, -0.15) is 0 Å². The molecular weight excluding hydrogens is 292 g/mol. The number of aromatic nitrogens is 1. The Morgan fingerprint density at radius 3 is 2.57 bits per heavy atom. The lowest BCUT2D eigenvalue weighted by Gasteiger charge is -2.30. The molecule has 0 fully saturated rings. The number of nitrogens with zero attached hydrogens (tertiary/aromatic N) is 1. The number of aliphatic carboxylic acids is 1. The molecule has 0 radical (unpaired) electrons. The highest BCUT2D eigenvalue weighted by atomic mass is 32.1. The maximum Gasteiger partial charge on any atom is 0.303 e. The molecule has 7 nitrogen and oxygen atoms in total. The van der Waals surface area contributed by atoms with Crippen LogP contribution in [0.2, 0.25) is 0 Å². The van der Waals surface area contributed by atoms with E-state index in [2.05, 4.69) is 10.4 Å². The summed E-state index contributed by atoms with van der Waals surface area (Å²) < 4.78 is 0. The SMILES string of the molecule is CC(C)CC[C@](CCC(=O)O)(C(=O)NN)c1csc(N)n1. The summed E-state index contributed by atoms with van der Waals surface area (Å²) in [6.45, 7) is 4.08. The van der Waals surface area contributed by atoms with Crippen molar-refractivity contribution in [1.82, 2.24) is 10.4 Å². The Morgan fingerprint density at radius 1 is 1.48 bits per heavy atom. The third-order valence-electron chi connectivity index (χ3n) is 3.49. The van der Waals surface area contributed by atoms with Gasteiger partial charge in [-0.05, 0) is 25.2 Å². The molecule has 1 rings (SSSR count). The molecule has 1 heterocycles. The van der Waals surface area contributed by atoms with E-state index >= 15 is 0 Å². The molecule has 0 bridgehead atoms. The monoisotopic (exact) mass is 314 g/mol. The maximum atomic E-state index is 12.4. The molecule has 0 aliphatic carbocycles. The zero-order chi connectivity index (χ0) is 16.0. The minimum atomic E-state index is -1.05. The van der Waals surface area contributed by atoms with Crippen LogP contribution in [-0.4, -0.2) is 22.0 Å². The standard InChI is InChI=1S/C13H22N4O3S/c1-8(2)3-5-13(11(20)17-15,6-4-10(18)19)9-7-21-12(14)16-9/h7-8H,3-6,15H2,1-2H3,(H2,14,16)(H,17,20)(H,18,19)/t13-/m1/s1. The van der Waals surface area contributed by atoms with Gasteiger partial charge in [0.1, 0.15) is 0 Å². The van der Waals surface area contributed by atoms with E-state index in [9.17, 15) is 9.59 Å². The number of anilines is 1. The molecule has 0 unspecified atom stereocenters. The van der Waals surface area contributed by atoms with E-state index in [0.717, 1.165) is 6.42 Å². The van der Waals surface area contributed by atoms with Crippen LogP contribution >= 0.6 is 11.3 Å². The largest absolute Gasteiger partial charge is 0.481 e. The van der Waals surface area contributed by atoms with E-state index in [-0.39, 0.29) is 12.8 Å². The molecule has 0 aromatic carbocycles. The van der Waals surface area contributed by atoms with Crippen molar-refractivity contribution in [2.24, 2.45) is 11.8 Å². The molecule has 1 aromatic heterocycles. The van der Waals surface area contributed by atoms with Crippen LogP contribution in [-0.2, 0) is 15.0 Å². The van der Waals surface area contributed by atoms with Crippen molar-refractivity contribution in [2.45, 2.75) is 44.9 Å². The fourth-order valence-corrected chi connectivity index (χ4v) is 2.89. The zero-order valence-corrected chi connectivity index (χ0v) is 13.1. The molecule has 0 saturated carbocycles. The first kappa shape index (κ1) is 17.4. The van der Waals surface area contributed by atoms with Crippen LogP contribution < -0.4 is 17.0 Å². The number of carboxylic acids is 1. The molecule has 0 saturated heterocycles. The maximum absolute atomic E-state index is 12.4. The summed E-state index contributed by atoms with van der Waals surface area (Å²) in [5, 5.41) is 11.0. The van der Waals surface area contributed by atoms with E-state index < -0.39 is 17.3 Å². The van der Waals surface area contributed by atoms with Crippen molar-refractivity contribution < 1.29 is 14.7 Å². The number of nitrogen functional groups attached to an aromatic ring is 1. The number of amides is 1. The molecule has 8 heteroatoms. The van der Waals surface area contributed by atoms with Crippen LogP contribution in [0.3, 0.4) is 0 Å². The lowest BCUT2D eigenvalue weighted by Crippen LogP contribution is -2.48.